The molecule has 7 rings (SSSR count). The van der Waals surface area contributed by atoms with E-state index in [2.05, 4.69) is 14.9 Å². The predicted molar refractivity (Wildman–Crippen MR) is 177 cm³/mol. The molecule has 238 valence electrons. The van der Waals surface area contributed by atoms with Crippen molar-refractivity contribution in [3.63, 3.8) is 0 Å². The number of cyclic esters (lactones) is 4. The second kappa shape index (κ2) is 15.0. The predicted octanol–water partition coefficient (Wildman–Crippen LogP) is 5.91. The summed E-state index contributed by atoms with van der Waals surface area (Å²) in [7, 11) is 0. The summed E-state index contributed by atoms with van der Waals surface area (Å²) in [6.07, 6.45) is 1.21. The number of amides is 2. The first-order valence-electron chi connectivity index (χ1n) is 14.1. The van der Waals surface area contributed by atoms with Crippen molar-refractivity contribution in [2.75, 3.05) is 5.43 Å². The molecule has 10 nitrogen and oxygen atoms in total. The molecule has 0 bridgehead atoms. The van der Waals surface area contributed by atoms with Crippen molar-refractivity contribution in [3.05, 3.63) is 154 Å². The summed E-state index contributed by atoms with van der Waals surface area (Å²) in [6.45, 7) is 0. The van der Waals surface area contributed by atoms with Crippen LogP contribution in [0.25, 0.3) is 16.7 Å². The number of para-hydroxylation sites is 1. The van der Waals surface area contributed by atoms with E-state index in [1.54, 1.807) is 103 Å². The van der Waals surface area contributed by atoms with Gasteiger partial charge in [0, 0.05) is 6.08 Å². The topological polar surface area (TPSA) is 136 Å². The Morgan fingerprint density at radius 1 is 0.479 bits per heavy atom. The van der Waals surface area contributed by atoms with E-state index in [1.165, 1.54) is 6.08 Å². The van der Waals surface area contributed by atoms with Crippen molar-refractivity contribution < 1.29 is 38.2 Å². The molecule has 3 heterocycles. The van der Waals surface area contributed by atoms with Crippen LogP contribution in [-0.2, 0) is 38.2 Å². The first-order chi connectivity index (χ1) is 23.2. The highest BCUT2D eigenvalue weighted by Crippen LogP contribution is 2.32. The van der Waals surface area contributed by atoms with Crippen LogP contribution in [0, 0.1) is 0 Å². The number of ether oxygens (including phenoxy) is 2. The molecule has 0 saturated carbocycles. The van der Waals surface area contributed by atoms with E-state index in [-0.39, 0.29) is 21.2 Å². The standard InChI is InChI=1S/C16H11ClN2O2.C10H5ClO3.C10H6O3/c17-14-13(11-7-3-1-4-8-11)15(20)19(16(14)21)18-12-9-5-2-6-10-12;11-8-7(9(12)14-10(8)13)6-4-2-1-3-5-6;11-9-6-8(10(12)13-9)7-4-2-1-3-5-7/h1-10,18H;1-5H;1-6H. The van der Waals surface area contributed by atoms with Crippen LogP contribution in [0.4, 0.5) is 5.69 Å². The lowest BCUT2D eigenvalue weighted by atomic mass is 10.1. The molecule has 0 radical (unpaired) electrons. The van der Waals surface area contributed by atoms with Crippen LogP contribution in [0.2, 0.25) is 0 Å². The van der Waals surface area contributed by atoms with Crippen molar-refractivity contribution in [1.82, 2.24) is 5.01 Å². The second-order valence-corrected chi connectivity index (χ2v) is 10.6. The molecular formula is C36H22Cl2N2O8. The summed E-state index contributed by atoms with van der Waals surface area (Å²) >= 11 is 11.7. The molecule has 2 amide bonds. The third kappa shape index (κ3) is 7.47. The Morgan fingerprint density at radius 2 is 0.958 bits per heavy atom. The minimum Gasteiger partial charge on any atom is -0.386 e. The van der Waals surface area contributed by atoms with Gasteiger partial charge in [-0.1, -0.05) is 132 Å². The molecule has 0 atom stereocenters. The van der Waals surface area contributed by atoms with E-state index in [4.69, 9.17) is 23.2 Å². The van der Waals surface area contributed by atoms with Gasteiger partial charge in [-0.25, -0.2) is 19.2 Å². The molecule has 4 aromatic carbocycles. The van der Waals surface area contributed by atoms with Crippen molar-refractivity contribution in [2.24, 2.45) is 0 Å². The smallest absolute Gasteiger partial charge is 0.358 e. The Bertz CT molecular complexity index is 2010. The van der Waals surface area contributed by atoms with Crippen LogP contribution < -0.4 is 5.43 Å². The number of benzene rings is 4. The molecule has 12 heteroatoms. The van der Waals surface area contributed by atoms with Gasteiger partial charge in [-0.05, 0) is 28.8 Å². The van der Waals surface area contributed by atoms with Gasteiger partial charge in [0.2, 0.25) is 0 Å². The quantitative estimate of drug-likeness (QED) is 0.155. The van der Waals surface area contributed by atoms with Crippen molar-refractivity contribution in [2.45, 2.75) is 0 Å². The number of hydrogen-bond donors (Lipinski definition) is 1. The van der Waals surface area contributed by atoms with Gasteiger partial charge >= 0.3 is 23.9 Å². The Hall–Kier alpha value is -6.10. The SMILES string of the molecule is O=C1C(Cl)=C(c2ccccc2)C(=O)N1Nc1ccccc1.O=C1C=C(c2ccccc2)C(=O)O1.O=C1OC(=O)C(c2ccccc2)=C1Cl. The number of halogens is 2. The largest absolute Gasteiger partial charge is 0.386 e. The number of hydrazine groups is 1. The third-order valence-electron chi connectivity index (χ3n) is 6.72. The maximum Gasteiger partial charge on any atom is 0.358 e. The number of anilines is 1. The van der Waals surface area contributed by atoms with Crippen molar-refractivity contribution in [3.8, 4) is 0 Å². The molecule has 0 aromatic heterocycles. The molecule has 3 aliphatic heterocycles. The van der Waals surface area contributed by atoms with Gasteiger partial charge in [0.15, 0.2) is 0 Å². The van der Waals surface area contributed by atoms with E-state index in [9.17, 15) is 28.8 Å². The number of nitrogens with one attached hydrogen (secondary N) is 1. The maximum atomic E-state index is 12.4. The average molecular weight is 681 g/mol. The van der Waals surface area contributed by atoms with E-state index in [0.717, 1.165) is 5.01 Å². The molecular weight excluding hydrogens is 659 g/mol. The van der Waals surface area contributed by atoms with E-state index < -0.39 is 35.7 Å². The Morgan fingerprint density at radius 3 is 1.42 bits per heavy atom. The minimum atomic E-state index is -0.782. The number of hydrogen-bond acceptors (Lipinski definition) is 9. The van der Waals surface area contributed by atoms with Crippen molar-refractivity contribution in [1.29, 1.82) is 0 Å². The maximum absolute atomic E-state index is 12.4. The summed E-state index contributed by atoms with van der Waals surface area (Å²) in [4.78, 5) is 68.5. The Labute approximate surface area is 283 Å². The summed E-state index contributed by atoms with van der Waals surface area (Å²) < 4.78 is 8.71. The zero-order valence-corrected chi connectivity index (χ0v) is 26.1. The van der Waals surface area contributed by atoms with Crippen LogP contribution in [-0.4, -0.2) is 40.7 Å². The van der Waals surface area contributed by atoms with E-state index >= 15 is 0 Å². The highest BCUT2D eigenvalue weighted by atomic mass is 35.5. The fourth-order valence-electron chi connectivity index (χ4n) is 4.49. The first-order valence-corrected chi connectivity index (χ1v) is 14.8. The Balaban J connectivity index is 0.000000147. The molecule has 3 aliphatic rings. The molecule has 0 unspecified atom stereocenters. The number of carbonyl (C=O) groups excluding carboxylic acids is 6. The fraction of sp³-hybridized carbons (Fsp3) is 0. The van der Waals surface area contributed by atoms with E-state index in [1.807, 2.05) is 18.2 Å². The molecule has 48 heavy (non-hydrogen) atoms. The molecule has 0 spiro atoms. The molecule has 0 saturated heterocycles. The van der Waals surface area contributed by atoms with Gasteiger partial charge in [-0.2, -0.15) is 5.01 Å². The minimum absolute atomic E-state index is 0.0744. The zero-order chi connectivity index (χ0) is 34.2. The van der Waals surface area contributed by atoms with Crippen LogP contribution in [0.15, 0.2) is 137 Å². The summed E-state index contributed by atoms with van der Waals surface area (Å²) in [5, 5.41) is 0.704. The van der Waals surface area contributed by atoms with Gasteiger partial charge in [0.1, 0.15) is 10.1 Å². The van der Waals surface area contributed by atoms with Crippen LogP contribution in [0.3, 0.4) is 0 Å². The third-order valence-corrected chi connectivity index (χ3v) is 7.41. The lowest BCUT2D eigenvalue weighted by Gasteiger charge is -2.17. The number of esters is 4. The highest BCUT2D eigenvalue weighted by Gasteiger charge is 2.38. The second-order valence-electron chi connectivity index (χ2n) is 9.84. The average Bonchev–Trinajstić information content (AvgIpc) is 3.66. The molecule has 4 aromatic rings. The molecule has 0 fully saturated rings. The lowest BCUT2D eigenvalue weighted by molar-refractivity contribution is -0.151. The van der Waals surface area contributed by atoms with E-state index in [0.29, 0.717) is 28.0 Å². The van der Waals surface area contributed by atoms with Crippen LogP contribution in [0.5, 0.6) is 0 Å². The van der Waals surface area contributed by atoms with Gasteiger partial charge < -0.3 is 9.47 Å². The Kier molecular flexibility index (Phi) is 10.4. The molecule has 1 N–H and O–H groups in total. The first kappa shape index (κ1) is 33.3. The number of carbonyl (C=O) groups is 6. The highest BCUT2D eigenvalue weighted by molar-refractivity contribution is 6.55. The summed E-state index contributed by atoms with van der Waals surface area (Å²) in [6, 6.07) is 35.5. The number of rotatable bonds is 5. The van der Waals surface area contributed by atoms with Gasteiger partial charge in [0.25, 0.3) is 11.8 Å². The molecule has 0 aliphatic carbocycles. The van der Waals surface area contributed by atoms with Gasteiger partial charge in [-0.3, -0.25) is 15.0 Å². The lowest BCUT2D eigenvalue weighted by Crippen LogP contribution is -2.36. The fourth-order valence-corrected chi connectivity index (χ4v) is 4.99. The number of nitrogens with zero attached hydrogens (tertiary/aromatic N) is 1. The van der Waals surface area contributed by atoms with Gasteiger partial charge in [0.05, 0.1) is 22.4 Å². The van der Waals surface area contributed by atoms with Gasteiger partial charge in [-0.15, -0.1) is 0 Å². The zero-order valence-electron chi connectivity index (χ0n) is 24.6. The monoisotopic (exact) mass is 680 g/mol. The summed E-state index contributed by atoms with van der Waals surface area (Å²) in [5.74, 6) is -3.65. The summed E-state index contributed by atoms with van der Waals surface area (Å²) in [5.41, 5.74) is 6.01. The normalized spacial score (nSPS) is 15.4. The van der Waals surface area contributed by atoms with Crippen molar-refractivity contribution >= 4 is 81.3 Å². The van der Waals surface area contributed by atoms with Crippen LogP contribution >= 0.6 is 23.2 Å². The van der Waals surface area contributed by atoms with Crippen LogP contribution in [0.1, 0.15) is 16.7 Å². The number of imide groups is 1.